The Labute approximate surface area is 110 Å². The van der Waals surface area contributed by atoms with Gasteiger partial charge in [-0.1, -0.05) is 38.8 Å². The monoisotopic (exact) mass is 248 g/mol. The largest absolute Gasteiger partial charge is 0.392 e. The van der Waals surface area contributed by atoms with E-state index in [1.54, 1.807) is 6.08 Å². The maximum Gasteiger partial charge on any atom is 0.181 e. The minimum atomic E-state index is -0.300. The first-order chi connectivity index (χ1) is 8.47. The highest BCUT2D eigenvalue weighted by Crippen LogP contribution is 2.48. The Morgan fingerprint density at radius 1 is 1.61 bits per heavy atom. The zero-order valence-corrected chi connectivity index (χ0v) is 11.7. The molecule has 0 aromatic rings. The second-order valence-electron chi connectivity index (χ2n) is 6.11. The van der Waals surface area contributed by atoms with Crippen LogP contribution in [0.2, 0.25) is 0 Å². The van der Waals surface area contributed by atoms with E-state index < -0.39 is 0 Å². The molecule has 0 bridgehead atoms. The summed E-state index contributed by atoms with van der Waals surface area (Å²) in [6.07, 6.45) is 8.18. The van der Waals surface area contributed by atoms with Crippen molar-refractivity contribution in [3.63, 3.8) is 0 Å². The predicted octanol–water partition coefficient (Wildman–Crippen LogP) is 3.41. The van der Waals surface area contributed by atoms with Crippen molar-refractivity contribution in [1.82, 2.24) is 0 Å². The maximum atomic E-state index is 12.1. The van der Waals surface area contributed by atoms with Crippen LogP contribution in [0, 0.1) is 11.3 Å². The lowest BCUT2D eigenvalue weighted by Gasteiger charge is -2.43. The Bertz CT molecular complexity index is 405. The van der Waals surface area contributed by atoms with Crippen LogP contribution in [0.4, 0.5) is 0 Å². The van der Waals surface area contributed by atoms with Crippen LogP contribution in [0.1, 0.15) is 52.9 Å². The van der Waals surface area contributed by atoms with Crippen LogP contribution >= 0.6 is 0 Å². The summed E-state index contributed by atoms with van der Waals surface area (Å²) in [5, 5.41) is 10.3. The molecule has 1 N–H and O–H groups in total. The quantitative estimate of drug-likeness (QED) is 0.760. The number of carbonyl (C=O) groups is 1. The van der Waals surface area contributed by atoms with E-state index in [9.17, 15) is 9.90 Å². The minimum absolute atomic E-state index is 0.164. The zero-order valence-electron chi connectivity index (χ0n) is 11.7. The number of aliphatic hydroxyl groups excluding tert-OH is 1. The predicted molar refractivity (Wildman–Crippen MR) is 73.2 cm³/mol. The normalized spacial score (nSPS) is 36.2. The van der Waals surface area contributed by atoms with Crippen LogP contribution in [0.25, 0.3) is 0 Å². The molecule has 0 radical (unpaired) electrons. The number of carbonyl (C=O) groups excluding carboxylic acids is 1. The summed E-state index contributed by atoms with van der Waals surface area (Å²) in [7, 11) is 0. The molecule has 0 spiro atoms. The lowest BCUT2D eigenvalue weighted by Crippen LogP contribution is -2.41. The van der Waals surface area contributed by atoms with Gasteiger partial charge in [-0.3, -0.25) is 4.79 Å². The van der Waals surface area contributed by atoms with Gasteiger partial charge in [0.25, 0.3) is 0 Å². The third-order valence-corrected chi connectivity index (χ3v) is 4.70. The summed E-state index contributed by atoms with van der Waals surface area (Å²) in [5.41, 5.74) is 1.86. The fourth-order valence-electron chi connectivity index (χ4n) is 3.11. The van der Waals surface area contributed by atoms with Gasteiger partial charge in [0.2, 0.25) is 0 Å². The molecule has 1 saturated carbocycles. The smallest absolute Gasteiger partial charge is 0.181 e. The Morgan fingerprint density at radius 3 is 3.00 bits per heavy atom. The van der Waals surface area contributed by atoms with Gasteiger partial charge in [0.05, 0.1) is 6.10 Å². The zero-order chi connectivity index (χ0) is 13.3. The molecule has 0 aliphatic heterocycles. The number of rotatable bonds is 2. The summed E-state index contributed by atoms with van der Waals surface area (Å²) in [4.78, 5) is 12.1. The van der Waals surface area contributed by atoms with E-state index in [4.69, 9.17) is 0 Å². The van der Waals surface area contributed by atoms with E-state index in [-0.39, 0.29) is 17.3 Å². The molecule has 2 rings (SSSR count). The highest BCUT2D eigenvalue weighted by Gasteiger charge is 2.43. The second-order valence-corrected chi connectivity index (χ2v) is 6.11. The van der Waals surface area contributed by atoms with Crippen molar-refractivity contribution in [3.05, 3.63) is 23.3 Å². The SMILES string of the molecule is CCC(C)/C=C1\C[C@@]2(C)C(=CC1=O)CCC[C@@H]2O. The van der Waals surface area contributed by atoms with Crippen molar-refractivity contribution in [1.29, 1.82) is 0 Å². The van der Waals surface area contributed by atoms with Gasteiger partial charge in [-0.25, -0.2) is 0 Å². The standard InChI is InChI=1S/C16H24O2/c1-4-11(2)8-12-10-16(3)13(9-14(12)17)6-5-7-15(16)18/h8-9,11,15,18H,4-7,10H2,1-3H3/b12-8+/t11?,15-,16-/m0/s1. The van der Waals surface area contributed by atoms with Gasteiger partial charge in [-0.15, -0.1) is 0 Å². The molecule has 3 atom stereocenters. The minimum Gasteiger partial charge on any atom is -0.392 e. The average molecular weight is 248 g/mol. The topological polar surface area (TPSA) is 37.3 Å². The molecule has 1 unspecified atom stereocenters. The van der Waals surface area contributed by atoms with E-state index in [2.05, 4.69) is 26.8 Å². The molecule has 0 amide bonds. The molecule has 100 valence electrons. The van der Waals surface area contributed by atoms with Crippen molar-refractivity contribution in [2.45, 2.75) is 59.0 Å². The summed E-state index contributed by atoms with van der Waals surface area (Å²) in [5.74, 6) is 0.597. The van der Waals surface area contributed by atoms with E-state index in [1.165, 1.54) is 0 Å². The molecule has 1 fully saturated rings. The number of allylic oxidation sites excluding steroid dienone is 3. The highest BCUT2D eigenvalue weighted by molar-refractivity contribution is 6.05. The molecule has 0 heterocycles. The number of aliphatic hydroxyl groups is 1. The molecular formula is C16H24O2. The maximum absolute atomic E-state index is 12.1. The van der Waals surface area contributed by atoms with Crippen molar-refractivity contribution in [2.75, 3.05) is 0 Å². The number of hydrogen-bond acceptors (Lipinski definition) is 2. The first-order valence-electron chi connectivity index (χ1n) is 7.11. The van der Waals surface area contributed by atoms with Crippen molar-refractivity contribution < 1.29 is 9.90 Å². The summed E-state index contributed by atoms with van der Waals surface area (Å²) in [6, 6.07) is 0. The lowest BCUT2D eigenvalue weighted by atomic mass is 9.63. The molecule has 2 aliphatic rings. The number of fused-ring (bicyclic) bond motifs is 1. The van der Waals surface area contributed by atoms with Gasteiger partial charge in [-0.05, 0) is 43.3 Å². The Morgan fingerprint density at radius 2 is 2.33 bits per heavy atom. The third kappa shape index (κ3) is 2.31. The molecule has 2 nitrogen and oxygen atoms in total. The molecule has 18 heavy (non-hydrogen) atoms. The molecule has 2 aliphatic carbocycles. The van der Waals surface area contributed by atoms with Crippen LogP contribution in [0.5, 0.6) is 0 Å². The first kappa shape index (κ1) is 13.5. The van der Waals surface area contributed by atoms with Gasteiger partial charge < -0.3 is 5.11 Å². The van der Waals surface area contributed by atoms with Gasteiger partial charge in [0.15, 0.2) is 5.78 Å². The number of hydrogen-bond donors (Lipinski definition) is 1. The van der Waals surface area contributed by atoms with Gasteiger partial charge in [0.1, 0.15) is 0 Å². The van der Waals surface area contributed by atoms with Crippen LogP contribution in [0.3, 0.4) is 0 Å². The van der Waals surface area contributed by atoms with Crippen LogP contribution < -0.4 is 0 Å². The fraction of sp³-hybridized carbons (Fsp3) is 0.688. The van der Waals surface area contributed by atoms with Crippen LogP contribution in [-0.4, -0.2) is 17.0 Å². The van der Waals surface area contributed by atoms with E-state index in [1.807, 2.05) is 0 Å². The Kier molecular flexibility index (Phi) is 3.76. The van der Waals surface area contributed by atoms with Gasteiger partial charge >= 0.3 is 0 Å². The Balaban J connectivity index is 2.33. The summed E-state index contributed by atoms with van der Waals surface area (Å²) >= 11 is 0. The van der Waals surface area contributed by atoms with Crippen molar-refractivity contribution >= 4 is 5.78 Å². The van der Waals surface area contributed by atoms with E-state index >= 15 is 0 Å². The molecule has 0 saturated heterocycles. The fourth-order valence-corrected chi connectivity index (χ4v) is 3.11. The Hall–Kier alpha value is -0.890. The second kappa shape index (κ2) is 5.00. The van der Waals surface area contributed by atoms with E-state index in [0.717, 1.165) is 36.8 Å². The van der Waals surface area contributed by atoms with E-state index in [0.29, 0.717) is 12.3 Å². The van der Waals surface area contributed by atoms with Gasteiger partial charge in [-0.2, -0.15) is 0 Å². The summed E-state index contributed by atoms with van der Waals surface area (Å²) in [6.45, 7) is 6.38. The number of ketones is 1. The lowest BCUT2D eigenvalue weighted by molar-refractivity contribution is -0.112. The highest BCUT2D eigenvalue weighted by atomic mass is 16.3. The average Bonchev–Trinajstić information content (AvgIpc) is 2.33. The van der Waals surface area contributed by atoms with Crippen LogP contribution in [0.15, 0.2) is 23.3 Å². The van der Waals surface area contributed by atoms with Crippen molar-refractivity contribution in [2.24, 2.45) is 11.3 Å². The van der Waals surface area contributed by atoms with Gasteiger partial charge in [0, 0.05) is 5.41 Å². The molecule has 0 aromatic carbocycles. The molecular weight excluding hydrogens is 224 g/mol. The van der Waals surface area contributed by atoms with Crippen molar-refractivity contribution in [3.8, 4) is 0 Å². The first-order valence-corrected chi connectivity index (χ1v) is 7.11. The van der Waals surface area contributed by atoms with Crippen LogP contribution in [-0.2, 0) is 4.79 Å². The molecule has 0 aromatic heterocycles. The third-order valence-electron chi connectivity index (χ3n) is 4.70. The summed E-state index contributed by atoms with van der Waals surface area (Å²) < 4.78 is 0. The molecule has 2 heteroatoms.